The van der Waals surface area contributed by atoms with E-state index in [2.05, 4.69) is 567 Å². The highest BCUT2D eigenvalue weighted by Crippen LogP contribution is 2.48. The lowest BCUT2D eigenvalue weighted by Gasteiger charge is -2.26. The van der Waals surface area contributed by atoms with Crippen molar-refractivity contribution in [3.63, 3.8) is 0 Å². The predicted octanol–water partition coefficient (Wildman–Crippen LogP) is 41.3. The largest absolute Gasteiger partial charge is 0.456 e. The summed E-state index contributed by atoms with van der Waals surface area (Å²) in [5.41, 5.74) is 35.2. The molecule has 3 aromatic heterocycles. The zero-order valence-corrected chi connectivity index (χ0v) is 81.7. The molecule has 0 spiro atoms. The first-order valence-electron chi connectivity index (χ1n) is 50.4. The van der Waals surface area contributed by atoms with Crippen LogP contribution in [-0.4, -0.2) is 0 Å². The molecule has 0 saturated carbocycles. The van der Waals surface area contributed by atoms with Crippen molar-refractivity contribution in [3.8, 4) is 100 Å². The third-order valence-electron chi connectivity index (χ3n) is 28.8. The van der Waals surface area contributed by atoms with Crippen LogP contribution >= 0.6 is 11.3 Å². The molecule has 0 radical (unpaired) electrons. The Morgan fingerprint density at radius 3 is 0.696 bits per heavy atom. The van der Waals surface area contributed by atoms with Gasteiger partial charge in [0, 0.05) is 105 Å². The maximum absolute atomic E-state index is 6.35. The molecule has 6 heteroatoms. The Morgan fingerprint density at radius 1 is 0.122 bits per heavy atom. The Hall–Kier alpha value is -19.2. The highest BCUT2D eigenvalue weighted by molar-refractivity contribution is 7.25. The average molecular weight is 1910 g/mol. The van der Waals surface area contributed by atoms with Crippen molar-refractivity contribution in [3.05, 3.63) is 576 Å². The quantitative estimate of drug-likeness (QED) is 0.0856. The molecule has 0 amide bonds. The van der Waals surface area contributed by atoms with Crippen molar-refractivity contribution < 1.29 is 8.83 Å². The number of rotatable bonds is 18. The number of anilines is 9. The van der Waals surface area contributed by atoms with Crippen LogP contribution in [0.2, 0.25) is 0 Å². The van der Waals surface area contributed by atoms with E-state index in [-0.39, 0.29) is 0 Å². The minimum absolute atomic E-state index is 0.874. The fourth-order valence-corrected chi connectivity index (χ4v) is 22.3. The highest BCUT2D eigenvalue weighted by Gasteiger charge is 2.23. The van der Waals surface area contributed by atoms with Crippen LogP contribution in [0.15, 0.2) is 585 Å². The van der Waals surface area contributed by atoms with Gasteiger partial charge in [-0.2, -0.15) is 0 Å². The third-order valence-corrected chi connectivity index (χ3v) is 29.9. The van der Waals surface area contributed by atoms with E-state index in [0.717, 1.165) is 95.1 Å². The van der Waals surface area contributed by atoms with Gasteiger partial charge in [0.25, 0.3) is 0 Å². The average Bonchev–Trinajstić information content (AvgIpc) is 1.46. The van der Waals surface area contributed by atoms with Crippen LogP contribution in [0.1, 0.15) is 0 Å². The van der Waals surface area contributed by atoms with E-state index in [0.29, 0.717) is 0 Å². The molecule has 28 rings (SSSR count). The van der Waals surface area contributed by atoms with Crippen molar-refractivity contribution in [1.29, 1.82) is 0 Å². The second kappa shape index (κ2) is 39.2. The van der Waals surface area contributed by atoms with E-state index in [1.807, 2.05) is 35.6 Å². The Bertz CT molecular complexity index is 9370. The Kier molecular flexibility index (Phi) is 23.6. The van der Waals surface area contributed by atoms with Crippen molar-refractivity contribution in [2.75, 3.05) is 14.7 Å². The second-order valence-corrected chi connectivity index (χ2v) is 38.9. The van der Waals surface area contributed by atoms with Crippen LogP contribution in [-0.2, 0) is 0 Å². The minimum atomic E-state index is 0.874. The molecule has 0 aliphatic carbocycles. The summed E-state index contributed by atoms with van der Waals surface area (Å²) in [7, 11) is 0. The molecule has 0 bridgehead atoms. The van der Waals surface area contributed by atoms with Gasteiger partial charge in [0.2, 0.25) is 0 Å². The van der Waals surface area contributed by atoms with Crippen molar-refractivity contribution in [2.45, 2.75) is 0 Å². The first kappa shape index (κ1) is 88.9. The fraction of sp³-hybridized carbons (Fsp3) is 0. The summed E-state index contributed by atoms with van der Waals surface area (Å²) < 4.78 is 15.3. The fourth-order valence-electron chi connectivity index (χ4n) is 21.2. The Labute approximate surface area is 863 Å². The van der Waals surface area contributed by atoms with Crippen LogP contribution in [0, 0.1) is 0 Å². The number of nitrogens with zero attached hydrogens (tertiary/aromatic N) is 3. The number of thiophene rings is 1. The number of hydrogen-bond acceptors (Lipinski definition) is 6. The van der Waals surface area contributed by atoms with Gasteiger partial charge in [-0.3, -0.25) is 0 Å². The van der Waals surface area contributed by atoms with Gasteiger partial charge in [0.05, 0.1) is 0 Å². The highest BCUT2D eigenvalue weighted by atomic mass is 32.1. The first-order chi connectivity index (χ1) is 73.3. The Morgan fingerprint density at radius 2 is 0.351 bits per heavy atom. The molecular formula is C142H95N3O2S. The van der Waals surface area contributed by atoms with Crippen LogP contribution in [0.25, 0.3) is 207 Å². The number of para-hydroxylation sites is 2. The van der Waals surface area contributed by atoms with E-state index >= 15 is 0 Å². The molecule has 28 aromatic rings. The molecule has 696 valence electrons. The van der Waals surface area contributed by atoms with Crippen LogP contribution < -0.4 is 14.7 Å². The van der Waals surface area contributed by atoms with Gasteiger partial charge in [0.15, 0.2) is 0 Å². The maximum atomic E-state index is 6.35. The third kappa shape index (κ3) is 17.8. The topological polar surface area (TPSA) is 36.0 Å². The van der Waals surface area contributed by atoms with Gasteiger partial charge < -0.3 is 23.5 Å². The monoisotopic (exact) mass is 1910 g/mol. The molecule has 0 aliphatic rings. The van der Waals surface area contributed by atoms with Crippen molar-refractivity contribution in [1.82, 2.24) is 0 Å². The van der Waals surface area contributed by atoms with Crippen molar-refractivity contribution in [2.24, 2.45) is 0 Å². The van der Waals surface area contributed by atoms with Crippen LogP contribution in [0.3, 0.4) is 0 Å². The van der Waals surface area contributed by atoms with Crippen LogP contribution in [0.4, 0.5) is 51.2 Å². The van der Waals surface area contributed by atoms with Gasteiger partial charge in [0.1, 0.15) is 22.3 Å². The molecule has 0 saturated heterocycles. The number of benzene rings is 25. The summed E-state index contributed by atoms with van der Waals surface area (Å²) in [6.45, 7) is 0. The molecule has 25 aromatic carbocycles. The van der Waals surface area contributed by atoms with E-state index in [1.54, 1.807) is 0 Å². The smallest absolute Gasteiger partial charge is 0.137 e. The number of hydrogen-bond donors (Lipinski definition) is 0. The van der Waals surface area contributed by atoms with Gasteiger partial charge >= 0.3 is 0 Å². The van der Waals surface area contributed by atoms with E-state index < -0.39 is 0 Å². The molecule has 5 nitrogen and oxygen atoms in total. The first-order valence-corrected chi connectivity index (χ1v) is 51.2. The molecule has 0 fully saturated rings. The predicted molar refractivity (Wildman–Crippen MR) is 630 cm³/mol. The summed E-state index contributed by atoms with van der Waals surface area (Å²) in [6, 6.07) is 207. The summed E-state index contributed by atoms with van der Waals surface area (Å²) in [6.07, 6.45) is 0. The zero-order chi connectivity index (χ0) is 98.2. The molecule has 0 atom stereocenters. The molecule has 0 unspecified atom stereocenters. The standard InChI is InChI=1S/C50H33NO.C46H31NO.C46H31NS/c1-2-9-34(10-3-1)38-17-19-41-32-39(18-20-40(41)31-38)35-21-25-42(26-22-35)51(44-29-30-48-47-14-6-7-16-49(47)52-50(48)33-44)43-27-23-37(24-28-43)46-15-8-12-36-11-4-5-13-45(36)46;2*1-3-9-32(10-4-1)34-19-23-40(24-20-34)47(42-27-28-44-43-13-7-8-14-45(43)48-46(44)31-42)41-25-21-35(22-26-41)37-16-18-38-29-36(15-17-39(38)30-37)33-11-5-2-6-12-33/h1-33H;2*1-31H. The second-order valence-electron chi connectivity index (χ2n) is 37.8. The SMILES string of the molecule is c1ccc(-c2ccc(N(c3ccc(-c4ccc5cc(-c6ccccc6)ccc5c4)cc3)c3ccc4c(c3)oc3ccccc34)cc2)cc1.c1ccc(-c2ccc(N(c3ccc(-c4ccc5cc(-c6ccccc6)ccc5c4)cc3)c3ccc4c(c3)sc3ccccc34)cc2)cc1.c1ccc(-c2ccc3cc(-c4ccc(N(c5ccc(-c6cccc7ccccc67)cc5)c5ccc6c(c5)oc5ccccc56)cc4)ccc3c2)cc1. The van der Waals surface area contributed by atoms with Gasteiger partial charge in [-0.1, -0.05) is 400 Å². The van der Waals surface area contributed by atoms with Crippen LogP contribution in [0.5, 0.6) is 0 Å². The Balaban J connectivity index is 0.000000112. The molecule has 0 N–H and O–H groups in total. The summed E-state index contributed by atoms with van der Waals surface area (Å²) in [5, 5.41) is 17.1. The van der Waals surface area contributed by atoms with Gasteiger partial charge in [-0.25, -0.2) is 0 Å². The number of fused-ring (bicyclic) bond motifs is 13. The minimum Gasteiger partial charge on any atom is -0.456 e. The lowest BCUT2D eigenvalue weighted by molar-refractivity contribution is 0.668. The number of furan rings is 2. The van der Waals surface area contributed by atoms with Crippen molar-refractivity contribution >= 4 is 170 Å². The maximum Gasteiger partial charge on any atom is 0.137 e. The van der Waals surface area contributed by atoms with Gasteiger partial charge in [-0.05, 0) is 307 Å². The zero-order valence-electron chi connectivity index (χ0n) is 80.9. The van der Waals surface area contributed by atoms with E-state index in [9.17, 15) is 0 Å². The summed E-state index contributed by atoms with van der Waals surface area (Å²) >= 11 is 1.86. The summed E-state index contributed by atoms with van der Waals surface area (Å²) in [4.78, 5) is 6.99. The molecular weight excluding hydrogens is 1810 g/mol. The van der Waals surface area contributed by atoms with Gasteiger partial charge in [-0.15, -0.1) is 11.3 Å². The molecule has 148 heavy (non-hydrogen) atoms. The lowest BCUT2D eigenvalue weighted by atomic mass is 9.97. The summed E-state index contributed by atoms with van der Waals surface area (Å²) in [5.74, 6) is 0. The van der Waals surface area contributed by atoms with E-state index in [4.69, 9.17) is 8.83 Å². The normalized spacial score (nSPS) is 11.4. The molecule has 3 heterocycles. The van der Waals surface area contributed by atoms with E-state index in [1.165, 1.54) is 163 Å². The lowest BCUT2D eigenvalue weighted by Crippen LogP contribution is -2.09. The molecule has 0 aliphatic heterocycles.